The molecular formula is C27H32N4O2S. The van der Waals surface area contributed by atoms with Crippen LogP contribution in [0.15, 0.2) is 53.9 Å². The van der Waals surface area contributed by atoms with E-state index in [1.54, 1.807) is 11.8 Å². The van der Waals surface area contributed by atoms with Crippen LogP contribution in [0.3, 0.4) is 0 Å². The van der Waals surface area contributed by atoms with Crippen molar-refractivity contribution in [3.05, 3.63) is 76.2 Å². The average Bonchev–Trinajstić information content (AvgIpc) is 3.28. The number of carbonyl (C=O) groups excluding carboxylic acids is 2. The van der Waals surface area contributed by atoms with Crippen LogP contribution >= 0.6 is 11.8 Å². The normalized spacial score (nSPS) is 25.4. The molecule has 34 heavy (non-hydrogen) atoms. The van der Waals surface area contributed by atoms with Gasteiger partial charge in [-0.2, -0.15) is 0 Å². The second-order valence-corrected chi connectivity index (χ2v) is 10.5. The summed E-state index contributed by atoms with van der Waals surface area (Å²) in [4.78, 5) is 27.9. The average molecular weight is 477 g/mol. The van der Waals surface area contributed by atoms with E-state index >= 15 is 0 Å². The van der Waals surface area contributed by atoms with Gasteiger partial charge in [0.1, 0.15) is 11.5 Å². The van der Waals surface area contributed by atoms with E-state index in [1.165, 1.54) is 22.3 Å². The number of aryl methyl sites for hydroxylation is 2. The molecule has 3 aliphatic heterocycles. The van der Waals surface area contributed by atoms with Crippen LogP contribution in [-0.4, -0.2) is 47.4 Å². The van der Waals surface area contributed by atoms with E-state index in [-0.39, 0.29) is 35.3 Å². The molecule has 2 saturated heterocycles. The third kappa shape index (κ3) is 4.78. The Morgan fingerprint density at radius 3 is 2.68 bits per heavy atom. The quantitative estimate of drug-likeness (QED) is 0.618. The van der Waals surface area contributed by atoms with Crippen LogP contribution in [0.2, 0.25) is 0 Å². The lowest BCUT2D eigenvalue weighted by atomic mass is 9.93. The number of hydrogen-bond donors (Lipinski definition) is 3. The maximum absolute atomic E-state index is 12.9. The molecule has 3 N–H and O–H groups in total. The summed E-state index contributed by atoms with van der Waals surface area (Å²) in [5, 5.41) is 11.9. The van der Waals surface area contributed by atoms with Gasteiger partial charge in [-0.1, -0.05) is 54.1 Å². The van der Waals surface area contributed by atoms with Crippen molar-refractivity contribution in [3.8, 4) is 0 Å². The van der Waals surface area contributed by atoms with Gasteiger partial charge in [0, 0.05) is 25.6 Å². The van der Waals surface area contributed by atoms with Crippen LogP contribution < -0.4 is 16.0 Å². The minimum Gasteiger partial charge on any atom is -0.352 e. The molecule has 3 heterocycles. The highest BCUT2D eigenvalue weighted by Gasteiger charge is 2.44. The molecule has 2 fully saturated rings. The van der Waals surface area contributed by atoms with E-state index in [1.807, 2.05) is 12.1 Å². The Morgan fingerprint density at radius 1 is 1.12 bits per heavy atom. The number of thioether (sulfide) groups is 1. The van der Waals surface area contributed by atoms with Gasteiger partial charge in [0.15, 0.2) is 0 Å². The lowest BCUT2D eigenvalue weighted by Gasteiger charge is -2.43. The number of benzene rings is 2. The summed E-state index contributed by atoms with van der Waals surface area (Å²) in [5.41, 5.74) is 5.92. The fourth-order valence-corrected chi connectivity index (χ4v) is 6.25. The topological polar surface area (TPSA) is 73.5 Å². The Labute approximate surface area is 205 Å². The maximum atomic E-state index is 12.9. The van der Waals surface area contributed by atoms with Crippen LogP contribution in [-0.2, 0) is 16.1 Å². The molecule has 3 atom stereocenters. The van der Waals surface area contributed by atoms with Crippen molar-refractivity contribution in [2.75, 3.05) is 13.1 Å². The fourth-order valence-electron chi connectivity index (χ4n) is 5.10. The smallest absolute Gasteiger partial charge is 0.237 e. The van der Waals surface area contributed by atoms with Crippen molar-refractivity contribution < 1.29 is 9.59 Å². The van der Waals surface area contributed by atoms with Gasteiger partial charge in [0.25, 0.3) is 0 Å². The second kappa shape index (κ2) is 9.94. The highest BCUT2D eigenvalue weighted by molar-refractivity contribution is 8.04. The number of nitrogens with one attached hydrogen (secondary N) is 3. The van der Waals surface area contributed by atoms with Gasteiger partial charge < -0.3 is 10.6 Å². The molecule has 0 aliphatic carbocycles. The molecule has 0 spiro atoms. The SMILES string of the molecule is Cc1cccc(C2=CSC3C(=O)NC(N4CCC(C(=O)NCc5ccccc5C)CC4)NC23)c1. The summed E-state index contributed by atoms with van der Waals surface area (Å²) in [7, 11) is 0. The summed E-state index contributed by atoms with van der Waals surface area (Å²) >= 11 is 1.59. The van der Waals surface area contributed by atoms with Crippen LogP contribution in [0, 0.1) is 19.8 Å². The zero-order valence-electron chi connectivity index (χ0n) is 19.7. The van der Waals surface area contributed by atoms with Crippen molar-refractivity contribution in [1.82, 2.24) is 20.9 Å². The monoisotopic (exact) mass is 476 g/mol. The summed E-state index contributed by atoms with van der Waals surface area (Å²) in [6.45, 7) is 6.27. The minimum absolute atomic E-state index is 0.0112. The molecule has 3 aliphatic rings. The second-order valence-electron chi connectivity index (χ2n) is 9.51. The van der Waals surface area contributed by atoms with Gasteiger partial charge in [-0.3, -0.25) is 19.8 Å². The largest absolute Gasteiger partial charge is 0.352 e. The van der Waals surface area contributed by atoms with E-state index in [9.17, 15) is 9.59 Å². The van der Waals surface area contributed by atoms with Crippen molar-refractivity contribution in [3.63, 3.8) is 0 Å². The number of nitrogens with zero attached hydrogens (tertiary/aromatic N) is 1. The van der Waals surface area contributed by atoms with Crippen LogP contribution in [0.4, 0.5) is 0 Å². The van der Waals surface area contributed by atoms with Gasteiger partial charge in [0.05, 0.1) is 6.04 Å². The highest BCUT2D eigenvalue weighted by Crippen LogP contribution is 2.39. The Kier molecular flexibility index (Phi) is 6.77. The van der Waals surface area contributed by atoms with E-state index in [4.69, 9.17) is 0 Å². The molecule has 7 heteroatoms. The number of rotatable bonds is 5. The lowest BCUT2D eigenvalue weighted by Crippen LogP contribution is -2.68. The zero-order valence-corrected chi connectivity index (χ0v) is 20.5. The van der Waals surface area contributed by atoms with Crippen molar-refractivity contribution in [1.29, 1.82) is 0 Å². The molecule has 2 aromatic rings. The van der Waals surface area contributed by atoms with E-state index in [0.29, 0.717) is 6.54 Å². The Hall–Kier alpha value is -2.61. The molecule has 6 nitrogen and oxygen atoms in total. The standard InChI is InChI=1S/C27H32N4O2S/c1-17-6-5-9-20(14-17)22-16-34-24-23(22)29-27(30-26(24)33)31-12-10-19(11-13-31)25(32)28-15-21-8-4-3-7-18(21)2/h3-9,14,16,19,23-24,27,29H,10-13,15H2,1-2H3,(H,28,32)(H,30,33). The summed E-state index contributed by atoms with van der Waals surface area (Å²) in [6.07, 6.45) is 1.37. The minimum atomic E-state index is -0.211. The predicted molar refractivity (Wildman–Crippen MR) is 137 cm³/mol. The molecule has 0 aromatic heterocycles. The number of carbonyl (C=O) groups is 2. The third-order valence-electron chi connectivity index (χ3n) is 7.19. The Morgan fingerprint density at radius 2 is 1.91 bits per heavy atom. The Bertz CT molecular complexity index is 1110. The van der Waals surface area contributed by atoms with E-state index < -0.39 is 0 Å². The molecule has 5 rings (SSSR count). The fraction of sp³-hybridized carbons (Fsp3) is 0.407. The number of likely N-dealkylation sites (tertiary alicyclic amines) is 1. The van der Waals surface area contributed by atoms with Crippen molar-refractivity contribution >= 4 is 29.1 Å². The molecule has 3 unspecified atom stereocenters. The first-order valence-electron chi connectivity index (χ1n) is 12.0. The van der Waals surface area contributed by atoms with Crippen LogP contribution in [0.1, 0.15) is 35.1 Å². The van der Waals surface area contributed by atoms with Gasteiger partial charge in [0.2, 0.25) is 11.8 Å². The van der Waals surface area contributed by atoms with Gasteiger partial charge >= 0.3 is 0 Å². The molecular weight excluding hydrogens is 444 g/mol. The van der Waals surface area contributed by atoms with Crippen LogP contribution in [0.25, 0.3) is 5.57 Å². The lowest BCUT2D eigenvalue weighted by molar-refractivity contribution is -0.129. The van der Waals surface area contributed by atoms with Gasteiger partial charge in [-0.15, -0.1) is 11.8 Å². The van der Waals surface area contributed by atoms with E-state index in [0.717, 1.165) is 31.5 Å². The summed E-state index contributed by atoms with van der Waals surface area (Å²) in [6, 6.07) is 16.6. The molecule has 2 amide bonds. The first kappa shape index (κ1) is 23.1. The van der Waals surface area contributed by atoms with Crippen molar-refractivity contribution in [2.45, 2.75) is 50.8 Å². The highest BCUT2D eigenvalue weighted by atomic mass is 32.2. The predicted octanol–water partition coefficient (Wildman–Crippen LogP) is 3.16. The molecule has 0 radical (unpaired) electrons. The first-order valence-corrected chi connectivity index (χ1v) is 13.0. The molecule has 0 bridgehead atoms. The van der Waals surface area contributed by atoms with Crippen LogP contribution in [0.5, 0.6) is 0 Å². The number of amides is 2. The number of hydrogen-bond acceptors (Lipinski definition) is 5. The van der Waals surface area contributed by atoms with Gasteiger partial charge in [-0.25, -0.2) is 0 Å². The summed E-state index contributed by atoms with van der Waals surface area (Å²) in [5.74, 6) is 0.216. The summed E-state index contributed by atoms with van der Waals surface area (Å²) < 4.78 is 0. The molecule has 0 saturated carbocycles. The molecule has 2 aromatic carbocycles. The molecule has 178 valence electrons. The third-order valence-corrected chi connectivity index (χ3v) is 8.35. The van der Waals surface area contributed by atoms with E-state index in [2.05, 4.69) is 76.5 Å². The Balaban J connectivity index is 1.17. The number of fused-ring (bicyclic) bond motifs is 1. The zero-order chi connectivity index (χ0) is 23.7. The number of piperidine rings is 1. The van der Waals surface area contributed by atoms with Crippen molar-refractivity contribution in [2.24, 2.45) is 5.92 Å². The maximum Gasteiger partial charge on any atom is 0.237 e. The first-order chi connectivity index (χ1) is 16.5. The van der Waals surface area contributed by atoms with Gasteiger partial charge in [-0.05, 0) is 54.4 Å².